The molecule has 1 N–H and O–H groups in total. The lowest BCUT2D eigenvalue weighted by Crippen LogP contribution is -2.26. The number of fused-ring (bicyclic) bond motifs is 3. The van der Waals surface area contributed by atoms with Crippen molar-refractivity contribution in [2.24, 2.45) is 5.92 Å². The highest BCUT2D eigenvalue weighted by Gasteiger charge is 2.25. The third kappa shape index (κ3) is 4.04. The molecule has 2 heterocycles. The Morgan fingerprint density at radius 3 is 2.96 bits per heavy atom. The van der Waals surface area contributed by atoms with Gasteiger partial charge >= 0.3 is 0 Å². The van der Waals surface area contributed by atoms with Gasteiger partial charge in [0.15, 0.2) is 10.9 Å². The Hall–Kier alpha value is -2.02. The van der Waals surface area contributed by atoms with Crippen molar-refractivity contribution in [3.63, 3.8) is 0 Å². The number of rotatable bonds is 9. The van der Waals surface area contributed by atoms with E-state index < -0.39 is 5.92 Å². The van der Waals surface area contributed by atoms with Crippen LogP contribution in [0.1, 0.15) is 30.2 Å². The molecule has 2 aromatic rings. The van der Waals surface area contributed by atoms with Crippen molar-refractivity contribution in [2.45, 2.75) is 44.3 Å². The summed E-state index contributed by atoms with van der Waals surface area (Å²) in [6.45, 7) is 2.44. The summed E-state index contributed by atoms with van der Waals surface area (Å²) < 4.78 is 6.73. The number of Topliss-reactive ketones (excluding diaryl/α,β-unsaturated/α-hetero) is 1. The molecule has 28 heavy (non-hydrogen) atoms. The SMILES string of the molecule is COCCCn1c(SCC(=O)C(C#N)C(C)=N)nc2sc3c(c2c1=O)CCC3. The molecule has 0 amide bonds. The first-order valence-electron chi connectivity index (χ1n) is 9.12. The van der Waals surface area contributed by atoms with Crippen LogP contribution in [0.3, 0.4) is 0 Å². The number of aromatic nitrogens is 2. The number of thiophene rings is 1. The second-order valence-corrected chi connectivity index (χ2v) is 8.76. The first-order valence-corrected chi connectivity index (χ1v) is 10.9. The average molecular weight is 419 g/mol. The number of aryl methyl sites for hydroxylation is 2. The maximum Gasteiger partial charge on any atom is 0.263 e. The molecule has 0 aliphatic heterocycles. The van der Waals surface area contributed by atoms with Crippen molar-refractivity contribution in [1.82, 2.24) is 9.55 Å². The van der Waals surface area contributed by atoms with Gasteiger partial charge in [0.1, 0.15) is 10.7 Å². The lowest BCUT2D eigenvalue weighted by Gasteiger charge is -2.12. The second-order valence-electron chi connectivity index (χ2n) is 6.74. The predicted molar refractivity (Wildman–Crippen MR) is 111 cm³/mol. The Morgan fingerprint density at radius 1 is 1.50 bits per heavy atom. The maximum atomic E-state index is 13.2. The zero-order valence-corrected chi connectivity index (χ0v) is 17.5. The van der Waals surface area contributed by atoms with E-state index in [1.54, 1.807) is 23.0 Å². The molecular weight excluding hydrogens is 396 g/mol. The van der Waals surface area contributed by atoms with E-state index in [-0.39, 0.29) is 22.8 Å². The highest BCUT2D eigenvalue weighted by atomic mass is 32.2. The number of ketones is 1. The van der Waals surface area contributed by atoms with Crippen molar-refractivity contribution >= 4 is 44.8 Å². The topological polar surface area (TPSA) is 109 Å². The largest absolute Gasteiger partial charge is 0.385 e. The van der Waals surface area contributed by atoms with E-state index in [2.05, 4.69) is 0 Å². The van der Waals surface area contributed by atoms with Crippen molar-refractivity contribution in [3.05, 3.63) is 20.8 Å². The van der Waals surface area contributed by atoms with Gasteiger partial charge in [0.25, 0.3) is 5.56 Å². The fourth-order valence-electron chi connectivity index (χ4n) is 3.36. The Kier molecular flexibility index (Phi) is 6.65. The lowest BCUT2D eigenvalue weighted by atomic mass is 10.0. The van der Waals surface area contributed by atoms with Crippen LogP contribution in [0.4, 0.5) is 0 Å². The minimum atomic E-state index is -1.05. The van der Waals surface area contributed by atoms with Crippen LogP contribution < -0.4 is 5.56 Å². The van der Waals surface area contributed by atoms with Crippen LogP contribution in [-0.2, 0) is 28.9 Å². The van der Waals surface area contributed by atoms with E-state index in [1.807, 2.05) is 6.07 Å². The molecule has 0 saturated heterocycles. The third-order valence-corrected chi connectivity index (χ3v) is 6.93. The van der Waals surface area contributed by atoms with E-state index in [4.69, 9.17) is 20.4 Å². The number of carbonyl (C=O) groups excluding carboxylic acids is 1. The normalized spacial score (nSPS) is 14.0. The minimum Gasteiger partial charge on any atom is -0.385 e. The monoisotopic (exact) mass is 418 g/mol. The van der Waals surface area contributed by atoms with E-state index in [1.165, 1.54) is 11.8 Å². The number of nitrogens with one attached hydrogen (secondary N) is 1. The van der Waals surface area contributed by atoms with Gasteiger partial charge in [-0.15, -0.1) is 11.3 Å². The number of methoxy groups -OCH3 is 1. The number of carbonyl (C=O) groups is 1. The molecule has 9 heteroatoms. The van der Waals surface area contributed by atoms with Crippen LogP contribution in [-0.4, -0.2) is 40.5 Å². The summed E-state index contributed by atoms with van der Waals surface area (Å²) in [4.78, 5) is 32.2. The number of hydrogen-bond donors (Lipinski definition) is 1. The van der Waals surface area contributed by atoms with Crippen LogP contribution in [0.15, 0.2) is 9.95 Å². The molecule has 0 fully saturated rings. The van der Waals surface area contributed by atoms with Crippen molar-refractivity contribution in [3.8, 4) is 6.07 Å². The summed E-state index contributed by atoms with van der Waals surface area (Å²) in [6, 6.07) is 1.87. The van der Waals surface area contributed by atoms with Gasteiger partial charge in [-0.05, 0) is 38.2 Å². The zero-order valence-electron chi connectivity index (χ0n) is 15.9. The Labute approximate surface area is 171 Å². The molecule has 0 saturated carbocycles. The molecule has 2 aromatic heterocycles. The quantitative estimate of drug-likeness (QED) is 0.290. The number of nitrogens with zero attached hydrogens (tertiary/aromatic N) is 3. The van der Waals surface area contributed by atoms with Crippen LogP contribution in [0.5, 0.6) is 0 Å². The van der Waals surface area contributed by atoms with Gasteiger partial charge < -0.3 is 10.1 Å². The van der Waals surface area contributed by atoms with Crippen LogP contribution >= 0.6 is 23.1 Å². The van der Waals surface area contributed by atoms with Crippen molar-refractivity contribution in [1.29, 1.82) is 10.7 Å². The van der Waals surface area contributed by atoms with Crippen LogP contribution in [0.2, 0.25) is 0 Å². The van der Waals surface area contributed by atoms with Crippen LogP contribution in [0, 0.1) is 22.7 Å². The molecular formula is C19H22N4O3S2. The molecule has 0 aromatic carbocycles. The average Bonchev–Trinajstić information content (AvgIpc) is 3.23. The Balaban J connectivity index is 1.94. The second kappa shape index (κ2) is 8.99. The van der Waals surface area contributed by atoms with Gasteiger partial charge in [-0.1, -0.05) is 11.8 Å². The highest BCUT2D eigenvalue weighted by Crippen LogP contribution is 2.35. The summed E-state index contributed by atoms with van der Waals surface area (Å²) in [5, 5.41) is 17.9. The van der Waals surface area contributed by atoms with Crippen LogP contribution in [0.25, 0.3) is 10.2 Å². The van der Waals surface area contributed by atoms with E-state index >= 15 is 0 Å². The third-order valence-electron chi connectivity index (χ3n) is 4.75. The molecule has 3 rings (SSSR count). The molecule has 1 aliphatic carbocycles. The van der Waals surface area contributed by atoms with Gasteiger partial charge in [0, 0.05) is 30.9 Å². The Bertz CT molecular complexity index is 1020. The van der Waals surface area contributed by atoms with E-state index in [0.717, 1.165) is 46.8 Å². The standard InChI is InChI=1S/C19H22N4O3S2/c1-11(21)13(9-20)14(24)10-27-19-22-17-16(12-5-3-6-15(12)28-17)18(25)23(19)7-4-8-26-2/h13,21H,3-8,10H2,1-2H3. The smallest absolute Gasteiger partial charge is 0.263 e. The van der Waals surface area contributed by atoms with Gasteiger partial charge in [-0.2, -0.15) is 5.26 Å². The molecule has 0 radical (unpaired) electrons. The number of nitriles is 1. The summed E-state index contributed by atoms with van der Waals surface area (Å²) in [5.41, 5.74) is 1.11. The minimum absolute atomic E-state index is 0.00175. The first kappa shape index (κ1) is 20.7. The first-order chi connectivity index (χ1) is 13.5. The lowest BCUT2D eigenvalue weighted by molar-refractivity contribution is -0.117. The summed E-state index contributed by atoms with van der Waals surface area (Å²) in [5.74, 6) is -1.39. The number of hydrogen-bond acceptors (Lipinski definition) is 8. The van der Waals surface area contributed by atoms with Crippen molar-refractivity contribution < 1.29 is 9.53 Å². The van der Waals surface area contributed by atoms with Crippen molar-refractivity contribution in [2.75, 3.05) is 19.5 Å². The van der Waals surface area contributed by atoms with Gasteiger partial charge in [-0.25, -0.2) is 4.98 Å². The fraction of sp³-hybridized carbons (Fsp3) is 0.526. The Morgan fingerprint density at radius 2 is 2.29 bits per heavy atom. The molecule has 1 aliphatic rings. The molecule has 0 bridgehead atoms. The molecule has 1 atom stereocenters. The summed E-state index contributed by atoms with van der Waals surface area (Å²) in [6.07, 6.45) is 3.64. The fourth-order valence-corrected chi connectivity index (χ4v) is 5.60. The predicted octanol–water partition coefficient (Wildman–Crippen LogP) is 2.82. The maximum absolute atomic E-state index is 13.2. The van der Waals surface area contributed by atoms with Gasteiger partial charge in [0.05, 0.1) is 17.2 Å². The molecule has 0 spiro atoms. The summed E-state index contributed by atoms with van der Waals surface area (Å²) in [7, 11) is 1.62. The number of ether oxygens (including phenoxy) is 1. The van der Waals surface area contributed by atoms with E-state index in [9.17, 15) is 9.59 Å². The highest BCUT2D eigenvalue weighted by molar-refractivity contribution is 7.99. The zero-order chi connectivity index (χ0) is 20.3. The molecule has 7 nitrogen and oxygen atoms in total. The van der Waals surface area contributed by atoms with Gasteiger partial charge in [0.2, 0.25) is 0 Å². The van der Waals surface area contributed by atoms with E-state index in [0.29, 0.717) is 24.7 Å². The number of thioether (sulfide) groups is 1. The van der Waals surface area contributed by atoms with Gasteiger partial charge in [-0.3, -0.25) is 14.2 Å². The summed E-state index contributed by atoms with van der Waals surface area (Å²) >= 11 is 2.73. The molecule has 148 valence electrons. The molecule has 1 unspecified atom stereocenters.